The molecule has 0 aromatic rings. The molecule has 2 atom stereocenters. The van der Waals surface area contributed by atoms with Gasteiger partial charge in [0.2, 0.25) is 0 Å². The molecule has 23 heavy (non-hydrogen) atoms. The van der Waals surface area contributed by atoms with E-state index >= 15 is 0 Å². The lowest BCUT2D eigenvalue weighted by Gasteiger charge is -2.28. The van der Waals surface area contributed by atoms with Crippen molar-refractivity contribution in [2.75, 3.05) is 26.9 Å². The maximum Gasteiger partial charge on any atom is 0.257 e. The number of thiol groups is 1. The summed E-state index contributed by atoms with van der Waals surface area (Å²) < 4.78 is 38.1. The van der Waals surface area contributed by atoms with Crippen molar-refractivity contribution >= 4 is 17.2 Å². The van der Waals surface area contributed by atoms with Gasteiger partial charge < -0.3 is 14.3 Å². The first-order valence-corrected chi connectivity index (χ1v) is 9.17. The lowest BCUT2D eigenvalue weighted by atomic mass is 9.99. The van der Waals surface area contributed by atoms with Gasteiger partial charge >= 0.3 is 0 Å². The molecule has 0 fully saturated rings. The van der Waals surface area contributed by atoms with Gasteiger partial charge in [0.1, 0.15) is 18.8 Å². The molecule has 0 rings (SSSR count). The van der Waals surface area contributed by atoms with Crippen LogP contribution in [-0.4, -0.2) is 53.3 Å². The van der Waals surface area contributed by atoms with Gasteiger partial charge in [-0.25, -0.2) is 8.42 Å². The molecule has 0 saturated heterocycles. The Labute approximate surface area is 141 Å². The number of nitrogens with zero attached hydrogens (tertiary/aromatic N) is 1. The van der Waals surface area contributed by atoms with Crippen molar-refractivity contribution in [3.63, 3.8) is 0 Å². The fourth-order valence-corrected chi connectivity index (χ4v) is 2.30. The summed E-state index contributed by atoms with van der Waals surface area (Å²) in [5, 5.41) is 3.77. The fourth-order valence-electron chi connectivity index (χ4n) is 1.92. The van der Waals surface area contributed by atoms with Crippen LogP contribution in [0.5, 0.6) is 0 Å². The molecule has 0 aromatic heterocycles. The normalized spacial score (nSPS) is 15.9. The molecule has 0 N–H and O–H groups in total. The molecule has 0 saturated carbocycles. The van der Waals surface area contributed by atoms with E-state index in [0.717, 1.165) is 25.7 Å². The van der Waals surface area contributed by atoms with E-state index in [1.54, 1.807) is 0 Å². The second-order valence-electron chi connectivity index (χ2n) is 5.52. The molecule has 0 aliphatic carbocycles. The van der Waals surface area contributed by atoms with Gasteiger partial charge in [0.25, 0.3) is 11.0 Å². The van der Waals surface area contributed by atoms with Crippen molar-refractivity contribution in [1.29, 1.82) is 0 Å². The predicted molar refractivity (Wildman–Crippen MR) is 90.3 cm³/mol. The minimum absolute atomic E-state index is 0.191. The van der Waals surface area contributed by atoms with Crippen LogP contribution < -0.4 is 0 Å². The van der Waals surface area contributed by atoms with Crippen LogP contribution in [0, 0.1) is 0 Å². The van der Waals surface area contributed by atoms with Gasteiger partial charge in [-0.2, -0.15) is 0 Å². The van der Waals surface area contributed by atoms with Crippen LogP contribution in [0.25, 0.3) is 0 Å². The van der Waals surface area contributed by atoms with Crippen molar-refractivity contribution in [2.24, 2.45) is 5.16 Å². The summed E-state index contributed by atoms with van der Waals surface area (Å²) in [6.07, 6.45) is 5.06. The van der Waals surface area contributed by atoms with E-state index in [1.807, 2.05) is 6.92 Å². The third-order valence-electron chi connectivity index (χ3n) is 3.17. The second-order valence-corrected chi connectivity index (χ2v) is 6.17. The summed E-state index contributed by atoms with van der Waals surface area (Å²) >= 11 is 0. The van der Waals surface area contributed by atoms with Gasteiger partial charge in [-0.3, -0.25) is 4.18 Å². The molecule has 8 heteroatoms. The topological polar surface area (TPSA) is 83.4 Å². The number of oxime groups is 1. The van der Waals surface area contributed by atoms with Gasteiger partial charge in [-0.1, -0.05) is 31.8 Å². The highest BCUT2D eigenvalue weighted by Crippen LogP contribution is 2.19. The van der Waals surface area contributed by atoms with Crippen LogP contribution in [0.1, 0.15) is 52.9 Å². The monoisotopic (exact) mass is 353 g/mol. The summed E-state index contributed by atoms with van der Waals surface area (Å²) in [4.78, 5) is 4.72. The molecule has 0 aromatic carbocycles. The maximum atomic E-state index is 10.9. The standard InChI is InChI=1S/C15H31NO6S/c1-5-7-9-20-12-14(22-23(17)18)11-15(3,13-16-19-4)21-10-8-6-2/h13-14,23H,5-12H2,1-4H3/b16-13+/t14-,15+/m0/s1. The highest BCUT2D eigenvalue weighted by Gasteiger charge is 2.29. The molecule has 138 valence electrons. The van der Waals surface area contributed by atoms with Gasteiger partial charge in [0.05, 0.1) is 12.8 Å². The largest absolute Gasteiger partial charge is 0.399 e. The third-order valence-corrected chi connectivity index (χ3v) is 3.65. The van der Waals surface area contributed by atoms with Crippen molar-refractivity contribution in [3.05, 3.63) is 0 Å². The zero-order chi connectivity index (χ0) is 17.6. The summed E-state index contributed by atoms with van der Waals surface area (Å²) in [7, 11) is -1.51. The summed E-state index contributed by atoms with van der Waals surface area (Å²) in [5.74, 6) is 0. The maximum absolute atomic E-state index is 10.9. The predicted octanol–water partition coefficient (Wildman–Crippen LogP) is 2.31. The lowest BCUT2D eigenvalue weighted by molar-refractivity contribution is -0.0285. The van der Waals surface area contributed by atoms with Crippen molar-refractivity contribution in [2.45, 2.75) is 64.6 Å². The van der Waals surface area contributed by atoms with Crippen LogP contribution in [0.4, 0.5) is 0 Å². The van der Waals surface area contributed by atoms with Gasteiger partial charge in [0, 0.05) is 19.6 Å². The quantitative estimate of drug-likeness (QED) is 0.210. The van der Waals surface area contributed by atoms with Crippen LogP contribution >= 0.6 is 0 Å². The zero-order valence-corrected chi connectivity index (χ0v) is 15.5. The Morgan fingerprint density at radius 3 is 2.39 bits per heavy atom. The zero-order valence-electron chi connectivity index (χ0n) is 14.7. The highest BCUT2D eigenvalue weighted by atomic mass is 32.2. The van der Waals surface area contributed by atoms with Crippen LogP contribution in [0.2, 0.25) is 0 Å². The molecule has 7 nitrogen and oxygen atoms in total. The SMILES string of the molecule is CCCCOC[C@H](C[C@](C)(/C=N/OC)OCCCC)O[SH](=O)=O. The van der Waals surface area contributed by atoms with E-state index in [9.17, 15) is 8.42 Å². The summed E-state index contributed by atoms with van der Waals surface area (Å²) in [5.41, 5.74) is -0.782. The molecule has 0 bridgehead atoms. The Morgan fingerprint density at radius 2 is 1.83 bits per heavy atom. The van der Waals surface area contributed by atoms with E-state index in [4.69, 9.17) is 18.5 Å². The van der Waals surface area contributed by atoms with Crippen molar-refractivity contribution in [3.8, 4) is 0 Å². The number of hydrogen-bond acceptors (Lipinski definition) is 7. The number of ether oxygens (including phenoxy) is 2. The molecule has 0 aliphatic heterocycles. The highest BCUT2D eigenvalue weighted by molar-refractivity contribution is 7.67. The molecule has 0 unspecified atom stereocenters. The first-order valence-electron chi connectivity index (χ1n) is 8.08. The number of rotatable bonds is 15. The summed E-state index contributed by atoms with van der Waals surface area (Å²) in [6, 6.07) is 0. The molecular weight excluding hydrogens is 322 g/mol. The third kappa shape index (κ3) is 12.4. The van der Waals surface area contributed by atoms with E-state index in [0.29, 0.717) is 19.6 Å². The Bertz CT molecular complexity index is 380. The summed E-state index contributed by atoms with van der Waals surface area (Å²) in [6.45, 7) is 7.27. The van der Waals surface area contributed by atoms with Crippen LogP contribution in [0.3, 0.4) is 0 Å². The van der Waals surface area contributed by atoms with Crippen molar-refractivity contribution in [1.82, 2.24) is 0 Å². The van der Waals surface area contributed by atoms with Gasteiger partial charge in [0.15, 0.2) is 0 Å². The number of unbranched alkanes of at least 4 members (excludes halogenated alkanes) is 2. The minimum atomic E-state index is -2.96. The lowest BCUT2D eigenvalue weighted by Crippen LogP contribution is -2.38. The average Bonchev–Trinajstić information content (AvgIpc) is 2.49. The first kappa shape index (κ1) is 22.3. The van der Waals surface area contributed by atoms with Crippen LogP contribution in [0.15, 0.2) is 5.16 Å². The minimum Gasteiger partial charge on any atom is -0.399 e. The smallest absolute Gasteiger partial charge is 0.257 e. The Hall–Kier alpha value is -0.700. The van der Waals surface area contributed by atoms with E-state index in [1.165, 1.54) is 13.3 Å². The Balaban J connectivity index is 4.75. The van der Waals surface area contributed by atoms with Gasteiger partial charge in [-0.15, -0.1) is 0 Å². The molecule has 0 aliphatic rings. The molecule has 0 spiro atoms. The Morgan fingerprint density at radius 1 is 1.17 bits per heavy atom. The van der Waals surface area contributed by atoms with E-state index < -0.39 is 22.7 Å². The first-order chi connectivity index (χ1) is 11.0. The molecule has 0 heterocycles. The number of hydrogen-bond donors (Lipinski definition) is 1. The van der Waals surface area contributed by atoms with E-state index in [-0.39, 0.29) is 6.61 Å². The fraction of sp³-hybridized carbons (Fsp3) is 0.933. The Kier molecular flexibility index (Phi) is 13.3. The average molecular weight is 353 g/mol. The van der Waals surface area contributed by atoms with Crippen LogP contribution in [-0.2, 0) is 29.5 Å². The van der Waals surface area contributed by atoms with Gasteiger partial charge in [-0.05, 0) is 19.8 Å². The van der Waals surface area contributed by atoms with Crippen molar-refractivity contribution < 1.29 is 26.9 Å². The molecule has 0 radical (unpaired) electrons. The molecule has 0 amide bonds. The molecular formula is C15H31NO6S. The van der Waals surface area contributed by atoms with E-state index in [2.05, 4.69) is 19.0 Å². The second kappa shape index (κ2) is 13.7.